The van der Waals surface area contributed by atoms with Crippen molar-refractivity contribution in [3.63, 3.8) is 0 Å². The molecular formula is C13H17F2NO4S. The van der Waals surface area contributed by atoms with E-state index in [2.05, 4.69) is 5.32 Å². The van der Waals surface area contributed by atoms with Crippen molar-refractivity contribution in [2.45, 2.75) is 43.7 Å². The first-order chi connectivity index (χ1) is 9.93. The zero-order valence-corrected chi connectivity index (χ0v) is 12.3. The van der Waals surface area contributed by atoms with Crippen molar-refractivity contribution in [2.75, 3.05) is 0 Å². The quantitative estimate of drug-likeness (QED) is 0.730. The average molecular weight is 321 g/mol. The van der Waals surface area contributed by atoms with E-state index in [1.54, 1.807) is 0 Å². The number of carbonyl (C=O) groups is 2. The molecule has 0 aromatic carbocycles. The number of amides is 1. The van der Waals surface area contributed by atoms with E-state index in [9.17, 15) is 18.4 Å². The Hall–Kier alpha value is -1.57. The number of nitrogens with one attached hydrogen (secondary N) is 1. The molecule has 1 atom stereocenters. The number of halogens is 2. The third-order valence-electron chi connectivity index (χ3n) is 2.69. The third kappa shape index (κ3) is 6.16. The zero-order valence-electron chi connectivity index (χ0n) is 11.5. The minimum absolute atomic E-state index is 0.0524. The fourth-order valence-corrected chi connectivity index (χ4v) is 2.06. The molecule has 1 rings (SSSR count). The van der Waals surface area contributed by atoms with E-state index in [1.807, 2.05) is 6.92 Å². The summed E-state index contributed by atoms with van der Waals surface area (Å²) in [6.45, 7) is 1.92. The van der Waals surface area contributed by atoms with E-state index in [0.717, 1.165) is 6.42 Å². The molecule has 0 aliphatic carbocycles. The molecule has 1 unspecified atom stereocenters. The van der Waals surface area contributed by atoms with Gasteiger partial charge in [0.05, 0.1) is 5.75 Å². The number of furan rings is 1. The lowest BCUT2D eigenvalue weighted by atomic mass is 10.1. The van der Waals surface area contributed by atoms with Crippen LogP contribution in [-0.4, -0.2) is 28.8 Å². The number of hydrogen-bond acceptors (Lipinski definition) is 4. The summed E-state index contributed by atoms with van der Waals surface area (Å²) in [7, 11) is 0. The summed E-state index contributed by atoms with van der Waals surface area (Å²) in [5, 5.41) is 11.4. The van der Waals surface area contributed by atoms with Gasteiger partial charge in [0.15, 0.2) is 5.76 Å². The molecule has 0 aliphatic heterocycles. The fourth-order valence-electron chi connectivity index (χ4n) is 1.62. The summed E-state index contributed by atoms with van der Waals surface area (Å²) in [4.78, 5) is 22.9. The van der Waals surface area contributed by atoms with Crippen molar-refractivity contribution in [3.05, 3.63) is 23.7 Å². The van der Waals surface area contributed by atoms with Gasteiger partial charge in [-0.05, 0) is 18.6 Å². The lowest BCUT2D eigenvalue weighted by Gasteiger charge is -2.12. The molecule has 2 N–H and O–H groups in total. The van der Waals surface area contributed by atoms with Gasteiger partial charge in [-0.2, -0.15) is 8.78 Å². The van der Waals surface area contributed by atoms with Crippen LogP contribution in [-0.2, 0) is 10.5 Å². The number of hydrogen-bond donors (Lipinski definition) is 2. The third-order valence-corrected chi connectivity index (χ3v) is 3.39. The molecule has 0 fully saturated rings. The van der Waals surface area contributed by atoms with Gasteiger partial charge in [0, 0.05) is 0 Å². The number of unbranched alkanes of at least 4 members (excludes halogenated alkanes) is 1. The predicted octanol–water partition coefficient (Wildman–Crippen LogP) is 3.11. The summed E-state index contributed by atoms with van der Waals surface area (Å²) in [6, 6.07) is 1.78. The number of carbonyl (C=O) groups excluding carboxylic acids is 1. The van der Waals surface area contributed by atoms with Gasteiger partial charge in [0.2, 0.25) is 0 Å². The molecule has 0 aliphatic rings. The smallest absolute Gasteiger partial charge is 0.326 e. The van der Waals surface area contributed by atoms with Gasteiger partial charge < -0.3 is 14.8 Å². The van der Waals surface area contributed by atoms with Crippen LogP contribution in [0.4, 0.5) is 8.78 Å². The standard InChI is InChI=1S/C13H17F2NO4S/c1-2-3-4-9(12(18)19)16-11(17)10-6-5-8(20-10)7-21-13(14)15/h5-6,9,13H,2-4,7H2,1H3,(H,16,17)(H,18,19). The van der Waals surface area contributed by atoms with Gasteiger partial charge in [-0.3, -0.25) is 4.79 Å². The van der Waals surface area contributed by atoms with Crippen molar-refractivity contribution in [2.24, 2.45) is 0 Å². The van der Waals surface area contributed by atoms with Gasteiger partial charge in [0.25, 0.3) is 11.7 Å². The molecule has 0 radical (unpaired) electrons. The summed E-state index contributed by atoms with van der Waals surface area (Å²) < 4.78 is 29.2. The number of carboxylic acids is 1. The van der Waals surface area contributed by atoms with E-state index in [4.69, 9.17) is 9.52 Å². The van der Waals surface area contributed by atoms with E-state index in [0.29, 0.717) is 24.6 Å². The minimum Gasteiger partial charge on any atom is -0.480 e. The molecule has 0 saturated heterocycles. The van der Waals surface area contributed by atoms with Crippen molar-refractivity contribution in [1.82, 2.24) is 5.32 Å². The highest BCUT2D eigenvalue weighted by atomic mass is 32.2. The molecule has 5 nitrogen and oxygen atoms in total. The van der Waals surface area contributed by atoms with E-state index < -0.39 is 23.7 Å². The largest absolute Gasteiger partial charge is 0.480 e. The summed E-state index contributed by atoms with van der Waals surface area (Å²) in [6.07, 6.45) is 1.81. The average Bonchev–Trinajstić information content (AvgIpc) is 2.89. The summed E-state index contributed by atoms with van der Waals surface area (Å²) in [5.74, 6) is -4.18. The van der Waals surface area contributed by atoms with E-state index >= 15 is 0 Å². The number of rotatable bonds is 9. The zero-order chi connectivity index (χ0) is 15.8. The number of alkyl halides is 2. The van der Waals surface area contributed by atoms with Crippen molar-refractivity contribution < 1.29 is 27.9 Å². The lowest BCUT2D eigenvalue weighted by molar-refractivity contribution is -0.139. The Balaban J connectivity index is 2.59. The molecule has 8 heteroatoms. The van der Waals surface area contributed by atoms with Crippen LogP contribution in [0.1, 0.15) is 42.5 Å². The van der Waals surface area contributed by atoms with Crippen LogP contribution in [0.3, 0.4) is 0 Å². The second-order valence-electron chi connectivity index (χ2n) is 4.34. The van der Waals surface area contributed by atoms with Crippen molar-refractivity contribution in [3.8, 4) is 0 Å². The van der Waals surface area contributed by atoms with Crippen molar-refractivity contribution in [1.29, 1.82) is 0 Å². The van der Waals surface area contributed by atoms with Gasteiger partial charge >= 0.3 is 5.97 Å². The molecule has 118 valence electrons. The predicted molar refractivity (Wildman–Crippen MR) is 74.4 cm³/mol. The highest BCUT2D eigenvalue weighted by molar-refractivity contribution is 7.98. The number of carboxylic acid groups (broad SMARTS) is 1. The normalized spacial score (nSPS) is 12.4. The first kappa shape index (κ1) is 17.5. The molecule has 0 saturated carbocycles. The molecule has 21 heavy (non-hydrogen) atoms. The SMILES string of the molecule is CCCCC(NC(=O)c1ccc(CSC(F)F)o1)C(=O)O. The summed E-state index contributed by atoms with van der Waals surface area (Å²) in [5.41, 5.74) is 0. The molecule has 1 heterocycles. The topological polar surface area (TPSA) is 79.5 Å². The van der Waals surface area contributed by atoms with Crippen LogP contribution in [0.15, 0.2) is 16.5 Å². The molecule has 0 spiro atoms. The molecular weight excluding hydrogens is 304 g/mol. The number of aliphatic carboxylic acids is 1. The van der Waals surface area contributed by atoms with E-state index in [1.165, 1.54) is 12.1 Å². The maximum Gasteiger partial charge on any atom is 0.326 e. The van der Waals surface area contributed by atoms with Gasteiger partial charge in [-0.15, -0.1) is 0 Å². The minimum atomic E-state index is -2.52. The molecule has 1 aromatic rings. The van der Waals surface area contributed by atoms with Crippen LogP contribution < -0.4 is 5.32 Å². The highest BCUT2D eigenvalue weighted by Crippen LogP contribution is 2.21. The Labute approximate surface area is 125 Å². The molecule has 1 amide bonds. The lowest BCUT2D eigenvalue weighted by Crippen LogP contribution is -2.40. The second-order valence-corrected chi connectivity index (χ2v) is 5.32. The van der Waals surface area contributed by atoms with Crippen LogP contribution >= 0.6 is 11.8 Å². The first-order valence-electron chi connectivity index (χ1n) is 6.46. The Morgan fingerprint density at radius 3 is 2.71 bits per heavy atom. The Morgan fingerprint density at radius 1 is 1.43 bits per heavy atom. The van der Waals surface area contributed by atoms with Gasteiger partial charge in [-0.1, -0.05) is 31.5 Å². The highest BCUT2D eigenvalue weighted by Gasteiger charge is 2.21. The van der Waals surface area contributed by atoms with Crippen molar-refractivity contribution >= 4 is 23.6 Å². The van der Waals surface area contributed by atoms with Crippen LogP contribution in [0.25, 0.3) is 0 Å². The Kier molecular flexibility index (Phi) is 7.21. The Bertz CT molecular complexity index is 478. The van der Waals surface area contributed by atoms with Gasteiger partial charge in [0.1, 0.15) is 11.8 Å². The van der Waals surface area contributed by atoms with Crippen LogP contribution in [0.2, 0.25) is 0 Å². The maximum atomic E-state index is 12.0. The second kappa shape index (κ2) is 8.66. The number of thioether (sulfide) groups is 1. The van der Waals surface area contributed by atoms with Gasteiger partial charge in [-0.25, -0.2) is 4.79 Å². The van der Waals surface area contributed by atoms with Crippen LogP contribution in [0, 0.1) is 0 Å². The van der Waals surface area contributed by atoms with Crippen LogP contribution in [0.5, 0.6) is 0 Å². The molecule has 0 bridgehead atoms. The fraction of sp³-hybridized carbons (Fsp3) is 0.538. The first-order valence-corrected chi connectivity index (χ1v) is 7.51. The maximum absolute atomic E-state index is 12.0. The molecule has 1 aromatic heterocycles. The van der Waals surface area contributed by atoms with E-state index in [-0.39, 0.29) is 17.3 Å². The summed E-state index contributed by atoms with van der Waals surface area (Å²) >= 11 is 0.386. The monoisotopic (exact) mass is 321 g/mol. The Morgan fingerprint density at radius 2 is 2.14 bits per heavy atom.